The number of carbonyl (C=O) groups is 2. The van der Waals surface area contributed by atoms with Crippen LogP contribution >= 0.6 is 0 Å². The molecule has 6 nitrogen and oxygen atoms in total. The molecule has 0 saturated heterocycles. The summed E-state index contributed by atoms with van der Waals surface area (Å²) in [6.45, 7) is 3.57. The maximum atomic E-state index is 10.8. The number of carboxylic acids is 2. The fraction of sp³-hybridized carbons (Fsp3) is 0.900. The van der Waals surface area contributed by atoms with Crippen molar-refractivity contribution in [3.63, 3.8) is 0 Å². The molecule has 0 aromatic rings. The SMILES string of the molecule is CCC(C(=O)[O-])C1(O)CCCCC1.CCC(C(=O)[O-])C1(O)CCCCC1.[Ca+2]. The van der Waals surface area contributed by atoms with Crippen LogP contribution in [0.15, 0.2) is 0 Å². The van der Waals surface area contributed by atoms with Gasteiger partial charge in [-0.15, -0.1) is 0 Å². The normalized spacial score (nSPS) is 23.0. The van der Waals surface area contributed by atoms with E-state index in [4.69, 9.17) is 0 Å². The smallest absolute Gasteiger partial charge is 0.550 e. The minimum atomic E-state index is -1.10. The van der Waals surface area contributed by atoms with Crippen LogP contribution < -0.4 is 10.2 Å². The third-order valence-corrected chi connectivity index (χ3v) is 6.12. The second kappa shape index (κ2) is 12.6. The molecular weight excluding hydrogens is 376 g/mol. The number of hydrogen-bond acceptors (Lipinski definition) is 6. The summed E-state index contributed by atoms with van der Waals surface area (Å²) in [5, 5.41) is 41.7. The zero-order valence-electron chi connectivity index (χ0n) is 16.9. The molecule has 0 bridgehead atoms. The van der Waals surface area contributed by atoms with Crippen molar-refractivity contribution < 1.29 is 30.0 Å². The van der Waals surface area contributed by atoms with Crippen molar-refractivity contribution in [1.29, 1.82) is 0 Å². The molecule has 2 unspecified atom stereocenters. The molecule has 0 aliphatic heterocycles. The molecule has 2 saturated carbocycles. The molecule has 27 heavy (non-hydrogen) atoms. The first kappa shape index (κ1) is 27.1. The quantitative estimate of drug-likeness (QED) is 0.616. The predicted octanol–water partition coefficient (Wildman–Crippen LogP) is 0.535. The standard InChI is InChI=1S/2C10H18O3.Ca/c2*1-2-8(9(11)12)10(13)6-4-3-5-7-10;/h2*8,13H,2-7H2,1H3,(H,11,12);/q;;+2/p-2. The number of hydrogen-bond donors (Lipinski definition) is 2. The molecule has 0 heterocycles. The molecule has 2 fully saturated rings. The Morgan fingerprint density at radius 1 is 0.741 bits per heavy atom. The topological polar surface area (TPSA) is 121 Å². The van der Waals surface area contributed by atoms with Gasteiger partial charge in [-0.2, -0.15) is 0 Å². The average Bonchev–Trinajstić information content (AvgIpc) is 2.56. The Labute approximate surface area is 192 Å². The minimum Gasteiger partial charge on any atom is -0.550 e. The summed E-state index contributed by atoms with van der Waals surface area (Å²) in [6.07, 6.45) is 9.29. The van der Waals surface area contributed by atoms with E-state index in [1.165, 1.54) is 0 Å². The number of aliphatic carboxylic acids is 2. The second-order valence-electron chi connectivity index (χ2n) is 7.89. The van der Waals surface area contributed by atoms with E-state index in [0.717, 1.165) is 38.5 Å². The molecule has 2 aliphatic carbocycles. The molecule has 0 aromatic heterocycles. The number of rotatable bonds is 6. The van der Waals surface area contributed by atoms with Crippen LogP contribution in [-0.4, -0.2) is 71.1 Å². The molecule has 152 valence electrons. The maximum Gasteiger partial charge on any atom is 2.00 e. The maximum absolute atomic E-state index is 10.8. The Balaban J connectivity index is 0.000000483. The van der Waals surface area contributed by atoms with E-state index in [0.29, 0.717) is 38.5 Å². The third-order valence-electron chi connectivity index (χ3n) is 6.12. The molecule has 7 heteroatoms. The van der Waals surface area contributed by atoms with E-state index in [1.807, 2.05) is 0 Å². The Hall–Kier alpha value is 0.120. The van der Waals surface area contributed by atoms with E-state index < -0.39 is 35.0 Å². The van der Waals surface area contributed by atoms with Gasteiger partial charge in [0, 0.05) is 23.8 Å². The van der Waals surface area contributed by atoms with Crippen LogP contribution in [0.25, 0.3) is 0 Å². The van der Waals surface area contributed by atoms with Gasteiger partial charge in [0.2, 0.25) is 0 Å². The summed E-state index contributed by atoms with van der Waals surface area (Å²) in [5.41, 5.74) is -1.99. The predicted molar refractivity (Wildman–Crippen MR) is 99.4 cm³/mol. The zero-order chi connectivity index (χ0) is 19.8. The monoisotopic (exact) mass is 410 g/mol. The molecule has 0 radical (unpaired) electrons. The second-order valence-corrected chi connectivity index (χ2v) is 7.89. The fourth-order valence-corrected chi connectivity index (χ4v) is 4.56. The first-order valence-corrected chi connectivity index (χ1v) is 10.1. The minimum absolute atomic E-state index is 0. The van der Waals surface area contributed by atoms with E-state index >= 15 is 0 Å². The summed E-state index contributed by atoms with van der Waals surface area (Å²) in [7, 11) is 0. The van der Waals surface area contributed by atoms with Crippen molar-refractivity contribution in [2.75, 3.05) is 0 Å². The van der Waals surface area contributed by atoms with Gasteiger partial charge in [0.15, 0.2) is 0 Å². The van der Waals surface area contributed by atoms with Gasteiger partial charge in [0.05, 0.1) is 11.2 Å². The van der Waals surface area contributed by atoms with Crippen LogP contribution in [-0.2, 0) is 9.59 Å². The molecule has 2 aliphatic rings. The van der Waals surface area contributed by atoms with Crippen LogP contribution in [0.1, 0.15) is 90.9 Å². The molecule has 2 N–H and O–H groups in total. The summed E-state index contributed by atoms with van der Waals surface area (Å²) in [6, 6.07) is 0. The van der Waals surface area contributed by atoms with Crippen LogP contribution in [0.2, 0.25) is 0 Å². The molecule has 0 aromatic carbocycles. The van der Waals surface area contributed by atoms with Crippen molar-refractivity contribution >= 4 is 49.7 Å². The van der Waals surface area contributed by atoms with Crippen molar-refractivity contribution in [3.8, 4) is 0 Å². The van der Waals surface area contributed by atoms with Crippen molar-refractivity contribution in [2.45, 2.75) is 102 Å². The van der Waals surface area contributed by atoms with Crippen LogP contribution in [0.4, 0.5) is 0 Å². The van der Waals surface area contributed by atoms with E-state index in [9.17, 15) is 30.0 Å². The molecular formula is C20H34CaO6. The summed E-state index contributed by atoms with van der Waals surface area (Å²) in [5.74, 6) is -3.58. The van der Waals surface area contributed by atoms with Gasteiger partial charge in [-0.05, 0) is 38.5 Å². The third kappa shape index (κ3) is 7.81. The molecule has 0 amide bonds. The van der Waals surface area contributed by atoms with Crippen molar-refractivity contribution in [1.82, 2.24) is 0 Å². The average molecular weight is 411 g/mol. The summed E-state index contributed by atoms with van der Waals surface area (Å²) < 4.78 is 0. The number of carboxylic acid groups (broad SMARTS) is 2. The van der Waals surface area contributed by atoms with E-state index in [-0.39, 0.29) is 37.7 Å². The van der Waals surface area contributed by atoms with Crippen LogP contribution in [0.3, 0.4) is 0 Å². The Morgan fingerprint density at radius 3 is 1.19 bits per heavy atom. The van der Waals surface area contributed by atoms with Gasteiger partial charge >= 0.3 is 37.7 Å². The van der Waals surface area contributed by atoms with Gasteiger partial charge < -0.3 is 30.0 Å². The Bertz CT molecular complexity index is 413. The number of carbonyl (C=O) groups excluding carboxylic acids is 2. The Morgan fingerprint density at radius 2 is 1.00 bits per heavy atom. The molecule has 0 spiro atoms. The van der Waals surface area contributed by atoms with Gasteiger partial charge in [-0.25, -0.2) is 0 Å². The largest absolute Gasteiger partial charge is 2.00 e. The van der Waals surface area contributed by atoms with Crippen molar-refractivity contribution in [2.24, 2.45) is 11.8 Å². The number of aliphatic hydroxyl groups is 2. The van der Waals surface area contributed by atoms with Crippen molar-refractivity contribution in [3.05, 3.63) is 0 Å². The van der Waals surface area contributed by atoms with Gasteiger partial charge in [-0.1, -0.05) is 52.4 Å². The van der Waals surface area contributed by atoms with Gasteiger partial charge in [0.25, 0.3) is 0 Å². The fourth-order valence-electron chi connectivity index (χ4n) is 4.56. The van der Waals surface area contributed by atoms with Crippen LogP contribution in [0, 0.1) is 11.8 Å². The zero-order valence-corrected chi connectivity index (χ0v) is 19.1. The molecule has 2 atom stereocenters. The summed E-state index contributed by atoms with van der Waals surface area (Å²) >= 11 is 0. The Kier molecular flexibility index (Phi) is 12.7. The summed E-state index contributed by atoms with van der Waals surface area (Å²) in [4.78, 5) is 21.5. The van der Waals surface area contributed by atoms with E-state index in [1.54, 1.807) is 13.8 Å². The van der Waals surface area contributed by atoms with Gasteiger partial charge in [-0.3, -0.25) is 0 Å². The first-order chi connectivity index (χ1) is 12.2. The first-order valence-electron chi connectivity index (χ1n) is 10.1. The van der Waals surface area contributed by atoms with E-state index in [2.05, 4.69) is 0 Å². The van der Waals surface area contributed by atoms with Gasteiger partial charge in [0.1, 0.15) is 0 Å². The van der Waals surface area contributed by atoms with Crippen LogP contribution in [0.5, 0.6) is 0 Å². The molecule has 2 rings (SSSR count).